The van der Waals surface area contributed by atoms with Gasteiger partial charge in [0, 0.05) is 36.1 Å². The quantitative estimate of drug-likeness (QED) is 0.303. The molecule has 35 heavy (non-hydrogen) atoms. The van der Waals surface area contributed by atoms with Gasteiger partial charge in [-0.05, 0) is 48.4 Å². The van der Waals surface area contributed by atoms with Crippen molar-refractivity contribution in [1.29, 1.82) is 0 Å². The second-order valence-electron chi connectivity index (χ2n) is 8.28. The Balaban J connectivity index is 1.32. The van der Waals surface area contributed by atoms with Crippen LogP contribution in [0.2, 0.25) is 5.02 Å². The predicted molar refractivity (Wildman–Crippen MR) is 130 cm³/mol. The summed E-state index contributed by atoms with van der Waals surface area (Å²) in [5.41, 5.74) is 1.75. The van der Waals surface area contributed by atoms with Gasteiger partial charge in [0.05, 0.1) is 15.8 Å². The van der Waals surface area contributed by atoms with Crippen LogP contribution in [-0.4, -0.2) is 39.2 Å². The number of nitrogens with zero attached hydrogens (tertiary/aromatic N) is 3. The number of rotatable bonds is 8. The molecular formula is C25H21ClFN3O4S. The lowest BCUT2D eigenvalue weighted by Crippen LogP contribution is -2.49. The normalized spacial score (nSPS) is 14.1. The number of halogens is 2. The van der Waals surface area contributed by atoms with E-state index in [1.807, 2.05) is 0 Å². The molecule has 0 aliphatic carbocycles. The number of carboxylic acids is 1. The van der Waals surface area contributed by atoms with E-state index in [4.69, 9.17) is 26.0 Å². The summed E-state index contributed by atoms with van der Waals surface area (Å²) in [6.07, 6.45) is 0.811. The van der Waals surface area contributed by atoms with Gasteiger partial charge in [0.25, 0.3) is 5.89 Å². The van der Waals surface area contributed by atoms with Crippen molar-refractivity contribution in [2.75, 3.05) is 13.1 Å². The number of thiophene rings is 1. The average molecular weight is 514 g/mol. The Morgan fingerprint density at radius 2 is 2.11 bits per heavy atom. The zero-order chi connectivity index (χ0) is 24.5. The highest BCUT2D eigenvalue weighted by atomic mass is 35.5. The van der Waals surface area contributed by atoms with E-state index in [0.717, 1.165) is 21.7 Å². The molecule has 10 heteroatoms. The van der Waals surface area contributed by atoms with Crippen molar-refractivity contribution >= 4 is 28.9 Å². The first-order chi connectivity index (χ1) is 16.9. The van der Waals surface area contributed by atoms with Crippen LogP contribution in [0.4, 0.5) is 4.39 Å². The van der Waals surface area contributed by atoms with Crippen molar-refractivity contribution < 1.29 is 23.6 Å². The molecule has 4 aromatic rings. The summed E-state index contributed by atoms with van der Waals surface area (Å²) in [6.45, 7) is 3.90. The van der Waals surface area contributed by atoms with Gasteiger partial charge in [-0.25, -0.2) is 4.39 Å². The number of carbonyl (C=O) groups is 1. The second kappa shape index (κ2) is 9.77. The van der Waals surface area contributed by atoms with Gasteiger partial charge in [0.1, 0.15) is 17.3 Å². The molecule has 5 rings (SSSR count). The van der Waals surface area contributed by atoms with Crippen LogP contribution in [-0.2, 0) is 17.8 Å². The van der Waals surface area contributed by atoms with Gasteiger partial charge in [-0.3, -0.25) is 9.69 Å². The number of aromatic nitrogens is 2. The molecule has 0 atom stereocenters. The second-order valence-corrected chi connectivity index (χ2v) is 9.82. The first kappa shape index (κ1) is 23.5. The Morgan fingerprint density at radius 1 is 1.29 bits per heavy atom. The first-order valence-corrected chi connectivity index (χ1v) is 12.2. The third-order valence-corrected chi connectivity index (χ3v) is 7.21. The molecule has 1 aliphatic rings. The minimum atomic E-state index is -0.740. The Kier molecular flexibility index (Phi) is 6.55. The van der Waals surface area contributed by atoms with Crippen LogP contribution in [0.15, 0.2) is 53.1 Å². The van der Waals surface area contributed by atoms with E-state index in [-0.39, 0.29) is 5.92 Å². The topological polar surface area (TPSA) is 88.7 Å². The lowest BCUT2D eigenvalue weighted by molar-refractivity contribution is -0.147. The van der Waals surface area contributed by atoms with Crippen LogP contribution in [0.3, 0.4) is 0 Å². The van der Waals surface area contributed by atoms with Crippen LogP contribution >= 0.6 is 22.9 Å². The third kappa shape index (κ3) is 5.07. The van der Waals surface area contributed by atoms with Gasteiger partial charge in [0.2, 0.25) is 5.82 Å². The van der Waals surface area contributed by atoms with E-state index in [1.165, 1.54) is 12.1 Å². The Labute approximate surface area is 209 Å². The molecule has 0 spiro atoms. The Hall–Kier alpha value is -3.27. The number of hydrogen-bond acceptors (Lipinski definition) is 7. The van der Waals surface area contributed by atoms with Gasteiger partial charge in [0.15, 0.2) is 0 Å². The van der Waals surface area contributed by atoms with Crippen molar-refractivity contribution in [3.05, 3.63) is 69.8 Å². The number of ether oxygens (including phenoxy) is 1. The van der Waals surface area contributed by atoms with Crippen LogP contribution in [0.25, 0.3) is 22.2 Å². The van der Waals surface area contributed by atoms with E-state index in [2.05, 4.69) is 28.0 Å². The molecular weight excluding hydrogens is 493 g/mol. The van der Waals surface area contributed by atoms with E-state index in [1.54, 1.807) is 41.7 Å². The summed E-state index contributed by atoms with van der Waals surface area (Å²) in [4.78, 5) is 19.8. The average Bonchev–Trinajstić information content (AvgIpc) is 3.44. The molecule has 1 saturated heterocycles. The minimum Gasteiger partial charge on any atom is -0.481 e. The molecule has 2 aromatic heterocycles. The van der Waals surface area contributed by atoms with Gasteiger partial charge in [-0.2, -0.15) is 4.98 Å². The van der Waals surface area contributed by atoms with Crippen molar-refractivity contribution in [3.63, 3.8) is 0 Å². The van der Waals surface area contributed by atoms with E-state index < -0.39 is 11.8 Å². The zero-order valence-electron chi connectivity index (χ0n) is 18.7. The highest BCUT2D eigenvalue weighted by Gasteiger charge is 2.32. The van der Waals surface area contributed by atoms with Crippen molar-refractivity contribution in [2.24, 2.45) is 5.92 Å². The fourth-order valence-electron chi connectivity index (χ4n) is 3.90. The summed E-state index contributed by atoms with van der Waals surface area (Å²) in [6, 6.07) is 13.0. The number of hydrogen-bond donors (Lipinski definition) is 1. The van der Waals surface area contributed by atoms with Crippen LogP contribution in [0, 0.1) is 11.7 Å². The summed E-state index contributed by atoms with van der Waals surface area (Å²) in [7, 11) is 0. The van der Waals surface area contributed by atoms with E-state index >= 15 is 0 Å². The van der Waals surface area contributed by atoms with Gasteiger partial charge in [-0.1, -0.05) is 29.7 Å². The lowest BCUT2D eigenvalue weighted by atomic mass is 10.0. The monoisotopic (exact) mass is 513 g/mol. The maximum atomic E-state index is 13.4. The molecule has 3 heterocycles. The van der Waals surface area contributed by atoms with E-state index in [0.29, 0.717) is 53.4 Å². The number of aryl methyl sites for hydroxylation is 1. The number of aliphatic carboxylic acids is 1. The summed E-state index contributed by atoms with van der Waals surface area (Å²) >= 11 is 7.98. The van der Waals surface area contributed by atoms with Gasteiger partial charge >= 0.3 is 5.97 Å². The van der Waals surface area contributed by atoms with Crippen LogP contribution in [0.1, 0.15) is 17.4 Å². The predicted octanol–water partition coefficient (Wildman–Crippen LogP) is 6.13. The Bertz CT molecular complexity index is 1380. The largest absolute Gasteiger partial charge is 0.481 e. The molecule has 0 amide bonds. The molecule has 0 saturated carbocycles. The summed E-state index contributed by atoms with van der Waals surface area (Å²) < 4.78 is 24.6. The molecule has 0 bridgehead atoms. The smallest absolute Gasteiger partial charge is 0.309 e. The van der Waals surface area contributed by atoms with Crippen LogP contribution in [0.5, 0.6) is 11.5 Å². The molecule has 7 nitrogen and oxygen atoms in total. The lowest BCUT2D eigenvalue weighted by Gasteiger charge is -2.36. The molecule has 180 valence electrons. The number of likely N-dealkylation sites (tertiary alicyclic amines) is 1. The fourth-order valence-corrected chi connectivity index (χ4v) is 5.34. The van der Waals surface area contributed by atoms with Crippen molar-refractivity contribution in [2.45, 2.75) is 19.9 Å². The van der Waals surface area contributed by atoms with Crippen molar-refractivity contribution in [1.82, 2.24) is 15.0 Å². The SMILES string of the molecule is CCc1cc(CN2CC(C(=O)O)C2)sc1-c1noc(-c2ccc(Oc3cccc(F)c3)c(Cl)c2)n1. The molecule has 2 aromatic carbocycles. The molecule has 1 fully saturated rings. The number of carboxylic acid groups (broad SMARTS) is 1. The van der Waals surface area contributed by atoms with E-state index in [9.17, 15) is 9.18 Å². The minimum absolute atomic E-state index is 0.280. The van der Waals surface area contributed by atoms with Crippen molar-refractivity contribution in [3.8, 4) is 33.7 Å². The third-order valence-electron chi connectivity index (χ3n) is 5.76. The first-order valence-electron chi connectivity index (χ1n) is 11.0. The molecule has 0 radical (unpaired) electrons. The maximum Gasteiger partial charge on any atom is 0.309 e. The van der Waals surface area contributed by atoms with Gasteiger partial charge in [-0.15, -0.1) is 11.3 Å². The van der Waals surface area contributed by atoms with Gasteiger partial charge < -0.3 is 14.4 Å². The molecule has 1 N–H and O–H groups in total. The Morgan fingerprint density at radius 3 is 2.83 bits per heavy atom. The number of benzene rings is 2. The standard InChI is InChI=1S/C25H21ClFN3O4S/c1-2-14-8-19(13-30-11-16(12-30)25(31)32)35-22(14)23-28-24(34-29-23)15-6-7-21(20(26)9-15)33-18-5-3-4-17(27)10-18/h3-10,16H,2,11-13H2,1H3,(H,31,32). The molecule has 1 aliphatic heterocycles. The summed E-state index contributed by atoms with van der Waals surface area (Å²) in [5, 5.41) is 13.6. The molecule has 0 unspecified atom stereocenters. The highest BCUT2D eigenvalue weighted by Crippen LogP contribution is 2.36. The zero-order valence-corrected chi connectivity index (χ0v) is 20.3. The highest BCUT2D eigenvalue weighted by molar-refractivity contribution is 7.15. The fraction of sp³-hybridized carbons (Fsp3) is 0.240. The summed E-state index contributed by atoms with van der Waals surface area (Å²) in [5.74, 6) is 0.128. The maximum absolute atomic E-state index is 13.4. The van der Waals surface area contributed by atoms with Crippen LogP contribution < -0.4 is 4.74 Å².